The molecule has 0 aliphatic heterocycles. The molecule has 0 atom stereocenters. The van der Waals surface area contributed by atoms with Gasteiger partial charge in [-0.1, -0.05) is 24.3 Å². The van der Waals surface area contributed by atoms with Gasteiger partial charge in [-0.3, -0.25) is 4.99 Å². The minimum absolute atomic E-state index is 0.600. The molecule has 0 aromatic rings. The third-order valence-electron chi connectivity index (χ3n) is 0.530. The SMILES string of the molecule is C=C/C=C(Cl)\C=N/C. The summed E-state index contributed by atoms with van der Waals surface area (Å²) in [6.45, 7) is 3.46. The molecule has 0 aliphatic carbocycles. The van der Waals surface area contributed by atoms with Crippen LogP contribution in [0, 0.1) is 0 Å². The van der Waals surface area contributed by atoms with Crippen molar-refractivity contribution in [3.63, 3.8) is 0 Å². The van der Waals surface area contributed by atoms with Crippen LogP contribution in [-0.2, 0) is 0 Å². The fourth-order valence-electron chi connectivity index (χ4n) is 0.279. The zero-order chi connectivity index (χ0) is 6.41. The van der Waals surface area contributed by atoms with E-state index in [1.165, 1.54) is 0 Å². The summed E-state index contributed by atoms with van der Waals surface area (Å²) in [5, 5.41) is 0.600. The molecule has 0 fully saturated rings. The van der Waals surface area contributed by atoms with Crippen molar-refractivity contribution in [2.75, 3.05) is 7.05 Å². The molecule has 44 valence electrons. The molecule has 0 rings (SSSR count). The van der Waals surface area contributed by atoms with Gasteiger partial charge in [0.05, 0.1) is 5.03 Å². The third-order valence-corrected chi connectivity index (χ3v) is 0.753. The Labute approximate surface area is 54.4 Å². The summed E-state index contributed by atoms with van der Waals surface area (Å²) in [7, 11) is 1.67. The van der Waals surface area contributed by atoms with Crippen molar-refractivity contribution in [3.8, 4) is 0 Å². The Morgan fingerprint density at radius 1 is 1.75 bits per heavy atom. The Morgan fingerprint density at radius 2 is 2.38 bits per heavy atom. The standard InChI is InChI=1S/C6H8ClN/c1-3-4-6(7)5-8-2/h3-5H,1H2,2H3/b6-4+,8-5-. The van der Waals surface area contributed by atoms with E-state index >= 15 is 0 Å². The van der Waals surface area contributed by atoms with Crippen molar-refractivity contribution in [3.05, 3.63) is 23.8 Å². The van der Waals surface area contributed by atoms with E-state index < -0.39 is 0 Å². The van der Waals surface area contributed by atoms with Crippen molar-refractivity contribution in [2.45, 2.75) is 0 Å². The molecule has 2 heteroatoms. The molecule has 0 N–H and O–H groups in total. The maximum atomic E-state index is 5.52. The van der Waals surface area contributed by atoms with Gasteiger partial charge in [0.25, 0.3) is 0 Å². The minimum Gasteiger partial charge on any atom is -0.295 e. The van der Waals surface area contributed by atoms with Crippen LogP contribution >= 0.6 is 11.6 Å². The Morgan fingerprint density at radius 3 is 2.75 bits per heavy atom. The molecule has 0 bridgehead atoms. The molecule has 0 spiro atoms. The first-order chi connectivity index (χ1) is 3.81. The van der Waals surface area contributed by atoms with Gasteiger partial charge >= 0.3 is 0 Å². The van der Waals surface area contributed by atoms with Gasteiger partial charge in [0.2, 0.25) is 0 Å². The third kappa shape index (κ3) is 3.62. The normalized spacial score (nSPS) is 12.5. The van der Waals surface area contributed by atoms with Crippen LogP contribution in [0.4, 0.5) is 0 Å². The van der Waals surface area contributed by atoms with E-state index in [9.17, 15) is 0 Å². The fourth-order valence-corrected chi connectivity index (χ4v) is 0.466. The quantitative estimate of drug-likeness (QED) is 0.400. The molecule has 0 heterocycles. The van der Waals surface area contributed by atoms with Crippen LogP contribution in [0.25, 0.3) is 0 Å². The molecule has 8 heavy (non-hydrogen) atoms. The average Bonchev–Trinajstić information content (AvgIpc) is 1.68. The van der Waals surface area contributed by atoms with Crippen molar-refractivity contribution < 1.29 is 0 Å². The Kier molecular flexibility index (Phi) is 4.27. The van der Waals surface area contributed by atoms with Crippen LogP contribution in [0.5, 0.6) is 0 Å². The lowest BCUT2D eigenvalue weighted by atomic mass is 10.5. The lowest BCUT2D eigenvalue weighted by molar-refractivity contribution is 1.47. The molecule has 1 nitrogen and oxygen atoms in total. The average molecular weight is 130 g/mol. The first-order valence-corrected chi connectivity index (χ1v) is 2.59. The van der Waals surface area contributed by atoms with Crippen LogP contribution in [0.1, 0.15) is 0 Å². The summed E-state index contributed by atoms with van der Waals surface area (Å²) < 4.78 is 0. The molecule has 0 aromatic carbocycles. The second-order valence-electron chi connectivity index (χ2n) is 1.17. The Bertz CT molecular complexity index is 124. The van der Waals surface area contributed by atoms with E-state index in [1.807, 2.05) is 0 Å². The van der Waals surface area contributed by atoms with Crippen LogP contribution in [-0.4, -0.2) is 13.3 Å². The van der Waals surface area contributed by atoms with Gasteiger partial charge in [-0.15, -0.1) is 0 Å². The first kappa shape index (κ1) is 7.44. The number of hydrogen-bond donors (Lipinski definition) is 0. The smallest absolute Gasteiger partial charge is 0.0583 e. The van der Waals surface area contributed by atoms with E-state index in [0.717, 1.165) is 0 Å². The van der Waals surface area contributed by atoms with Crippen molar-refractivity contribution in [1.29, 1.82) is 0 Å². The Balaban J connectivity index is 3.79. The minimum atomic E-state index is 0.600. The Hall–Kier alpha value is -0.560. The fraction of sp³-hybridized carbons (Fsp3) is 0.167. The molecular formula is C6H8ClN. The molecule has 0 saturated carbocycles. The first-order valence-electron chi connectivity index (χ1n) is 2.21. The number of aliphatic imine (C=N–C) groups is 1. The van der Waals surface area contributed by atoms with Gasteiger partial charge in [0.1, 0.15) is 0 Å². The number of nitrogens with zero attached hydrogens (tertiary/aromatic N) is 1. The van der Waals surface area contributed by atoms with E-state index in [4.69, 9.17) is 11.6 Å². The van der Waals surface area contributed by atoms with Crippen molar-refractivity contribution in [2.24, 2.45) is 4.99 Å². The summed E-state index contributed by atoms with van der Waals surface area (Å²) in [6.07, 6.45) is 4.85. The van der Waals surface area contributed by atoms with E-state index in [2.05, 4.69) is 11.6 Å². The van der Waals surface area contributed by atoms with Gasteiger partial charge in [-0.05, 0) is 6.08 Å². The van der Waals surface area contributed by atoms with Gasteiger partial charge < -0.3 is 0 Å². The second kappa shape index (κ2) is 4.60. The van der Waals surface area contributed by atoms with Crippen molar-refractivity contribution in [1.82, 2.24) is 0 Å². The predicted octanol–water partition coefficient (Wildman–Crippen LogP) is 2.00. The number of hydrogen-bond acceptors (Lipinski definition) is 1. The van der Waals surface area contributed by atoms with E-state index in [0.29, 0.717) is 5.03 Å². The molecule has 0 aromatic heterocycles. The van der Waals surface area contributed by atoms with E-state index in [-0.39, 0.29) is 0 Å². The number of rotatable bonds is 2. The van der Waals surface area contributed by atoms with E-state index in [1.54, 1.807) is 25.4 Å². The van der Waals surface area contributed by atoms with Crippen molar-refractivity contribution >= 4 is 17.8 Å². The molecule has 0 radical (unpaired) electrons. The molecule has 0 unspecified atom stereocenters. The second-order valence-corrected chi connectivity index (χ2v) is 1.61. The highest BCUT2D eigenvalue weighted by Crippen LogP contribution is 1.95. The summed E-state index contributed by atoms with van der Waals surface area (Å²) >= 11 is 5.52. The highest BCUT2D eigenvalue weighted by atomic mass is 35.5. The lowest BCUT2D eigenvalue weighted by Crippen LogP contribution is -1.69. The predicted molar refractivity (Wildman–Crippen MR) is 38.5 cm³/mol. The molecule has 0 aliphatic rings. The summed E-state index contributed by atoms with van der Waals surface area (Å²) in [5.74, 6) is 0. The highest BCUT2D eigenvalue weighted by molar-refractivity contribution is 6.39. The maximum absolute atomic E-state index is 5.52. The topological polar surface area (TPSA) is 12.4 Å². The molecule has 0 amide bonds. The molecule has 0 saturated heterocycles. The molecular weight excluding hydrogens is 122 g/mol. The van der Waals surface area contributed by atoms with Gasteiger partial charge in [-0.25, -0.2) is 0 Å². The zero-order valence-corrected chi connectivity index (χ0v) is 5.52. The number of halogens is 1. The van der Waals surface area contributed by atoms with Crippen LogP contribution in [0.15, 0.2) is 28.8 Å². The monoisotopic (exact) mass is 129 g/mol. The van der Waals surface area contributed by atoms with Crippen LogP contribution < -0.4 is 0 Å². The largest absolute Gasteiger partial charge is 0.295 e. The van der Waals surface area contributed by atoms with Gasteiger partial charge in [0.15, 0.2) is 0 Å². The summed E-state index contributed by atoms with van der Waals surface area (Å²) in [4.78, 5) is 3.68. The maximum Gasteiger partial charge on any atom is 0.0583 e. The summed E-state index contributed by atoms with van der Waals surface area (Å²) in [6, 6.07) is 0. The summed E-state index contributed by atoms with van der Waals surface area (Å²) in [5.41, 5.74) is 0. The lowest BCUT2D eigenvalue weighted by Gasteiger charge is -1.78. The van der Waals surface area contributed by atoms with Gasteiger partial charge in [0, 0.05) is 13.3 Å². The van der Waals surface area contributed by atoms with Crippen LogP contribution in [0.3, 0.4) is 0 Å². The number of allylic oxidation sites excluding steroid dienone is 3. The zero-order valence-electron chi connectivity index (χ0n) is 4.76. The van der Waals surface area contributed by atoms with Crippen LogP contribution in [0.2, 0.25) is 0 Å². The van der Waals surface area contributed by atoms with Gasteiger partial charge in [-0.2, -0.15) is 0 Å². The highest BCUT2D eigenvalue weighted by Gasteiger charge is 1.76.